The Balaban J connectivity index is 1.57. The minimum absolute atomic E-state index is 0.00478. The molecule has 3 N–H and O–H groups in total. The zero-order chi connectivity index (χ0) is 29.4. The minimum Gasteiger partial charge on any atom is -0.481 e. The summed E-state index contributed by atoms with van der Waals surface area (Å²) in [5, 5.41) is 22.6. The first-order chi connectivity index (χ1) is 19.7. The third-order valence-corrected chi connectivity index (χ3v) is 6.58. The van der Waals surface area contributed by atoms with E-state index in [-0.39, 0.29) is 63.7 Å². The summed E-state index contributed by atoms with van der Waals surface area (Å²) >= 11 is 0. The fourth-order valence-corrected chi connectivity index (χ4v) is 4.41. The maximum absolute atomic E-state index is 13.5. The van der Waals surface area contributed by atoms with Gasteiger partial charge in [0.2, 0.25) is 5.91 Å². The topological polar surface area (TPSA) is 166 Å². The molecule has 1 fully saturated rings. The van der Waals surface area contributed by atoms with Crippen LogP contribution in [0.3, 0.4) is 0 Å². The predicted molar refractivity (Wildman–Crippen MR) is 146 cm³/mol. The minimum atomic E-state index is -1.12. The number of piperazine rings is 1. The first-order valence-corrected chi connectivity index (χ1v) is 13.3. The Bertz CT molecular complexity index is 1340. The van der Waals surface area contributed by atoms with Crippen LogP contribution in [-0.2, 0) is 14.3 Å². The van der Waals surface area contributed by atoms with Gasteiger partial charge in [-0.3, -0.25) is 24.7 Å². The van der Waals surface area contributed by atoms with Crippen LogP contribution in [0.5, 0.6) is 0 Å². The van der Waals surface area contributed by atoms with E-state index >= 15 is 0 Å². The molecule has 0 saturated carbocycles. The maximum atomic E-state index is 13.5. The van der Waals surface area contributed by atoms with Crippen molar-refractivity contribution in [2.24, 2.45) is 0 Å². The molecule has 1 aromatic heterocycles. The van der Waals surface area contributed by atoms with Crippen LogP contribution in [-0.4, -0.2) is 104 Å². The largest absolute Gasteiger partial charge is 0.481 e. The average molecular weight is 565 g/mol. The summed E-state index contributed by atoms with van der Waals surface area (Å²) in [4.78, 5) is 62.3. The molecular formula is C28H32N6O7. The number of aromatic nitrogens is 2. The number of benzene rings is 1. The van der Waals surface area contributed by atoms with Crippen molar-refractivity contribution in [2.45, 2.75) is 25.8 Å². The smallest absolute Gasteiger partial charge is 0.409 e. The molecule has 41 heavy (non-hydrogen) atoms. The summed E-state index contributed by atoms with van der Waals surface area (Å²) in [5.41, 5.74) is 1.78. The summed E-state index contributed by atoms with van der Waals surface area (Å²) in [6.45, 7) is 3.13. The van der Waals surface area contributed by atoms with Gasteiger partial charge in [0.15, 0.2) is 5.82 Å². The van der Waals surface area contributed by atoms with Crippen molar-refractivity contribution in [3.63, 3.8) is 0 Å². The van der Waals surface area contributed by atoms with E-state index in [0.717, 1.165) is 5.06 Å². The molecule has 0 unspecified atom stereocenters. The van der Waals surface area contributed by atoms with Crippen molar-refractivity contribution in [2.75, 3.05) is 39.3 Å². The van der Waals surface area contributed by atoms with Gasteiger partial charge >= 0.3 is 12.1 Å². The number of rotatable bonds is 9. The third-order valence-electron chi connectivity index (χ3n) is 6.58. The molecule has 216 valence electrons. The lowest BCUT2D eigenvalue weighted by molar-refractivity contribution is -0.138. The molecule has 0 aliphatic carbocycles. The zero-order valence-corrected chi connectivity index (χ0v) is 22.6. The number of hydrogen-bond acceptors (Lipinski definition) is 9. The molecule has 2 aliphatic rings. The number of carbonyl (C=O) groups excluding carboxylic acids is 3. The molecule has 0 spiro atoms. The van der Waals surface area contributed by atoms with Crippen LogP contribution in [0, 0.1) is 0 Å². The second-order valence-electron chi connectivity index (χ2n) is 9.40. The number of nitrogens with one attached hydrogen (secondary N) is 1. The van der Waals surface area contributed by atoms with E-state index in [1.807, 2.05) is 18.2 Å². The fraction of sp³-hybridized carbons (Fsp3) is 0.357. The van der Waals surface area contributed by atoms with Crippen molar-refractivity contribution in [3.05, 3.63) is 66.1 Å². The molecule has 13 nitrogen and oxygen atoms in total. The lowest BCUT2D eigenvalue weighted by Gasteiger charge is -2.35. The molecule has 0 bridgehead atoms. The van der Waals surface area contributed by atoms with E-state index in [0.29, 0.717) is 16.8 Å². The van der Waals surface area contributed by atoms with Gasteiger partial charge in [-0.1, -0.05) is 36.4 Å². The Hall–Kier alpha value is -4.78. The number of amides is 3. The van der Waals surface area contributed by atoms with Crippen molar-refractivity contribution < 1.29 is 34.2 Å². The van der Waals surface area contributed by atoms with Crippen molar-refractivity contribution in [3.8, 4) is 11.4 Å². The summed E-state index contributed by atoms with van der Waals surface area (Å²) in [6, 6.07) is 9.44. The van der Waals surface area contributed by atoms with Crippen LogP contribution in [0.1, 0.15) is 35.9 Å². The van der Waals surface area contributed by atoms with Gasteiger partial charge in [-0.15, -0.1) is 0 Å². The Labute approximate surface area is 236 Å². The van der Waals surface area contributed by atoms with E-state index in [1.54, 1.807) is 31.2 Å². The van der Waals surface area contributed by atoms with Crippen LogP contribution in [0.4, 0.5) is 4.79 Å². The average Bonchev–Trinajstić information content (AvgIpc) is 2.99. The Morgan fingerprint density at radius 3 is 2.39 bits per heavy atom. The van der Waals surface area contributed by atoms with Crippen molar-refractivity contribution >= 4 is 29.5 Å². The van der Waals surface area contributed by atoms with Crippen molar-refractivity contribution in [1.29, 1.82) is 0 Å². The molecule has 2 aromatic rings. The molecular weight excluding hydrogens is 532 g/mol. The number of ether oxygens (including phenoxy) is 1. The molecule has 0 radical (unpaired) electrons. The number of hydroxylamine groups is 2. The highest BCUT2D eigenvalue weighted by molar-refractivity contribution is 5.97. The molecule has 13 heteroatoms. The number of nitrogens with zero attached hydrogens (tertiary/aromatic N) is 5. The molecule has 3 heterocycles. The summed E-state index contributed by atoms with van der Waals surface area (Å²) in [5.74, 6) is -1.92. The number of hydrogen-bond donors (Lipinski definition) is 3. The highest BCUT2D eigenvalue weighted by atomic mass is 16.6. The van der Waals surface area contributed by atoms with Gasteiger partial charge in [-0.2, -0.15) is 0 Å². The van der Waals surface area contributed by atoms with Crippen LogP contribution in [0.2, 0.25) is 0 Å². The van der Waals surface area contributed by atoms with E-state index < -0.39 is 29.9 Å². The lowest BCUT2D eigenvalue weighted by atomic mass is 10.1. The summed E-state index contributed by atoms with van der Waals surface area (Å²) in [7, 11) is 0. The van der Waals surface area contributed by atoms with Gasteiger partial charge in [0.1, 0.15) is 11.7 Å². The highest BCUT2D eigenvalue weighted by Crippen LogP contribution is 2.22. The molecule has 3 amide bonds. The van der Waals surface area contributed by atoms with Gasteiger partial charge in [-0.25, -0.2) is 14.8 Å². The number of carboxylic acids is 1. The third kappa shape index (κ3) is 7.66. The van der Waals surface area contributed by atoms with Crippen LogP contribution < -0.4 is 5.32 Å². The second-order valence-corrected chi connectivity index (χ2v) is 9.40. The van der Waals surface area contributed by atoms with Crippen LogP contribution >= 0.6 is 0 Å². The van der Waals surface area contributed by atoms with Gasteiger partial charge in [-0.05, 0) is 31.1 Å². The van der Waals surface area contributed by atoms with Crippen LogP contribution in [0.25, 0.3) is 17.0 Å². The second kappa shape index (κ2) is 13.5. The molecule has 1 aromatic carbocycles. The van der Waals surface area contributed by atoms with Gasteiger partial charge in [0, 0.05) is 44.4 Å². The molecule has 2 aliphatic heterocycles. The standard InChI is InChI=1S/C28H32N6O7/c1-2-41-28(39)33-16-14-32(15-17-33)27(38)21(8-9-24(35)36)31-26(37)23-18-22(19-10-12-34(40)13-11-19)29-25(30-23)20-6-4-3-5-7-20/h3-7,10-12,18,21,40H,2,8-9,13-17H2,1H3,(H,31,37)(H,35,36)/t21-/m0/s1. The highest BCUT2D eigenvalue weighted by Gasteiger charge is 2.31. The summed E-state index contributed by atoms with van der Waals surface area (Å²) < 4.78 is 5.02. The molecule has 4 rings (SSSR count). The SMILES string of the molecule is CCOC(=O)N1CCN(C(=O)[C@H](CCC(=O)O)NC(=O)c2cc(C3=CCN(O)C=C3)nc(-c3ccccc3)n2)CC1. The summed E-state index contributed by atoms with van der Waals surface area (Å²) in [6.07, 6.45) is 3.95. The zero-order valence-electron chi connectivity index (χ0n) is 22.6. The predicted octanol–water partition coefficient (Wildman–Crippen LogP) is 2.01. The van der Waals surface area contributed by atoms with Gasteiger partial charge in [0.05, 0.1) is 18.8 Å². The number of allylic oxidation sites excluding steroid dienone is 2. The Kier molecular flexibility index (Phi) is 9.64. The van der Waals surface area contributed by atoms with Crippen LogP contribution in [0.15, 0.2) is 54.8 Å². The van der Waals surface area contributed by atoms with E-state index in [2.05, 4.69) is 15.3 Å². The quantitative estimate of drug-likeness (QED) is 0.410. The Morgan fingerprint density at radius 2 is 1.76 bits per heavy atom. The molecule has 1 atom stereocenters. The van der Waals surface area contributed by atoms with Crippen molar-refractivity contribution in [1.82, 2.24) is 30.1 Å². The van der Waals surface area contributed by atoms with Gasteiger partial charge in [0.25, 0.3) is 5.91 Å². The number of carbonyl (C=O) groups is 4. The van der Waals surface area contributed by atoms with E-state index in [1.165, 1.54) is 22.1 Å². The first-order valence-electron chi connectivity index (χ1n) is 13.3. The fourth-order valence-electron chi connectivity index (χ4n) is 4.41. The monoisotopic (exact) mass is 564 g/mol. The lowest BCUT2D eigenvalue weighted by Crippen LogP contribution is -2.56. The van der Waals surface area contributed by atoms with E-state index in [9.17, 15) is 29.5 Å². The number of aliphatic carboxylic acids is 1. The first kappa shape index (κ1) is 29.2. The maximum Gasteiger partial charge on any atom is 0.409 e. The van der Waals surface area contributed by atoms with E-state index in [4.69, 9.17) is 4.74 Å². The normalized spacial score (nSPS) is 15.7. The van der Waals surface area contributed by atoms with Gasteiger partial charge < -0.3 is 25.0 Å². The molecule has 1 saturated heterocycles. The number of carboxylic acid groups (broad SMARTS) is 1. The Morgan fingerprint density at radius 1 is 1.05 bits per heavy atom.